The minimum absolute atomic E-state index is 0.0157. The molecule has 2 heterocycles. The average Bonchev–Trinajstić information content (AvgIpc) is 2.17. The van der Waals surface area contributed by atoms with Gasteiger partial charge in [0.2, 0.25) is 5.91 Å². The topological polar surface area (TPSA) is 57.1 Å². The van der Waals surface area contributed by atoms with Crippen LogP contribution in [0.3, 0.4) is 0 Å². The first kappa shape index (κ1) is 6.09. The molecule has 5 nitrogen and oxygen atoms in total. The molecule has 0 atom stereocenters. The molecule has 0 aromatic carbocycles. The number of hydrogen-bond donors (Lipinski definition) is 1. The smallest absolute Gasteiger partial charge is 0.244 e. The minimum atomic E-state index is -0.0157. The highest BCUT2D eigenvalue weighted by molar-refractivity contribution is 5.80. The summed E-state index contributed by atoms with van der Waals surface area (Å²) >= 11 is 0. The highest BCUT2D eigenvalue weighted by Crippen LogP contribution is 2.16. The van der Waals surface area contributed by atoms with Crippen LogP contribution >= 0.6 is 0 Å². The van der Waals surface area contributed by atoms with E-state index < -0.39 is 0 Å². The zero-order valence-electron chi connectivity index (χ0n) is 5.69. The summed E-state index contributed by atoms with van der Waals surface area (Å²) in [6, 6.07) is 0. The Morgan fingerprint density at radius 3 is 3.36 bits per heavy atom. The van der Waals surface area contributed by atoms with Crippen LogP contribution in [0.25, 0.3) is 0 Å². The van der Waals surface area contributed by atoms with E-state index in [2.05, 4.69) is 15.7 Å². The van der Waals surface area contributed by atoms with Crippen LogP contribution in [-0.4, -0.2) is 10.9 Å². The summed E-state index contributed by atoms with van der Waals surface area (Å²) in [6.07, 6.45) is 5.13. The molecule has 56 valence electrons. The largest absolute Gasteiger partial charge is 0.273 e. The van der Waals surface area contributed by atoms with Gasteiger partial charge in [-0.2, -0.15) is 10.2 Å². The van der Waals surface area contributed by atoms with E-state index in [4.69, 9.17) is 0 Å². The van der Waals surface area contributed by atoms with Crippen LogP contribution in [0.4, 0.5) is 0 Å². The van der Waals surface area contributed by atoms with Gasteiger partial charge < -0.3 is 0 Å². The van der Waals surface area contributed by atoms with Gasteiger partial charge in [-0.3, -0.25) is 15.2 Å². The Kier molecular flexibility index (Phi) is 1.21. The summed E-state index contributed by atoms with van der Waals surface area (Å²) in [5.74, 6) is -0.0157. The van der Waals surface area contributed by atoms with Crippen molar-refractivity contribution in [3.05, 3.63) is 24.3 Å². The third-order valence-electron chi connectivity index (χ3n) is 1.45. The molecule has 0 aromatic rings. The van der Waals surface area contributed by atoms with Crippen LogP contribution in [0, 0.1) is 0 Å². The SMILES string of the molecule is O=C1CC2=CN=NC=CN2N1. The van der Waals surface area contributed by atoms with Crippen molar-refractivity contribution in [2.24, 2.45) is 10.2 Å². The Morgan fingerprint density at radius 2 is 2.45 bits per heavy atom. The fraction of sp³-hybridized carbons (Fsp3) is 0.167. The van der Waals surface area contributed by atoms with E-state index in [1.54, 1.807) is 17.4 Å². The minimum Gasteiger partial charge on any atom is -0.273 e. The number of carbonyl (C=O) groups is 1. The molecule has 1 N–H and O–H groups in total. The maximum absolute atomic E-state index is 10.8. The second kappa shape index (κ2) is 2.19. The first-order valence-electron chi connectivity index (χ1n) is 3.21. The Morgan fingerprint density at radius 1 is 1.55 bits per heavy atom. The number of hydrogen-bond acceptors (Lipinski definition) is 4. The average molecular weight is 150 g/mol. The van der Waals surface area contributed by atoms with Crippen molar-refractivity contribution in [3.8, 4) is 0 Å². The molecule has 0 unspecified atom stereocenters. The number of rotatable bonds is 0. The van der Waals surface area contributed by atoms with Crippen LogP contribution < -0.4 is 5.43 Å². The standard InChI is InChI=1S/C6H6N4O/c11-6-3-5-4-8-7-1-2-10(5)9-6/h1-2,4H,3H2,(H,9,11). The normalized spacial score (nSPS) is 20.9. The molecule has 1 amide bonds. The van der Waals surface area contributed by atoms with Crippen molar-refractivity contribution in [3.63, 3.8) is 0 Å². The summed E-state index contributed by atoms with van der Waals surface area (Å²) in [7, 11) is 0. The molecule has 1 fully saturated rings. The number of carbonyl (C=O) groups excluding carboxylic acids is 1. The molecule has 0 bridgehead atoms. The highest BCUT2D eigenvalue weighted by atomic mass is 16.2. The van der Waals surface area contributed by atoms with Gasteiger partial charge in [0.15, 0.2) is 0 Å². The molecule has 0 radical (unpaired) electrons. The lowest BCUT2D eigenvalue weighted by Crippen LogP contribution is -2.26. The van der Waals surface area contributed by atoms with E-state index in [9.17, 15) is 4.79 Å². The lowest BCUT2D eigenvalue weighted by molar-refractivity contribution is -0.120. The quantitative estimate of drug-likeness (QED) is 0.546. The van der Waals surface area contributed by atoms with Crippen molar-refractivity contribution in [2.45, 2.75) is 6.42 Å². The van der Waals surface area contributed by atoms with Crippen molar-refractivity contribution < 1.29 is 4.79 Å². The van der Waals surface area contributed by atoms with Crippen molar-refractivity contribution in [2.75, 3.05) is 0 Å². The highest BCUT2D eigenvalue weighted by Gasteiger charge is 2.21. The van der Waals surface area contributed by atoms with Gasteiger partial charge in [-0.05, 0) is 0 Å². The Bertz CT molecular complexity index is 278. The van der Waals surface area contributed by atoms with Crippen LogP contribution in [0.2, 0.25) is 0 Å². The van der Waals surface area contributed by atoms with Crippen LogP contribution in [0.15, 0.2) is 34.5 Å². The molecule has 2 aliphatic heterocycles. The van der Waals surface area contributed by atoms with Gasteiger partial charge in [0, 0.05) is 6.20 Å². The van der Waals surface area contributed by atoms with Crippen LogP contribution in [0.1, 0.15) is 6.42 Å². The van der Waals surface area contributed by atoms with Crippen LogP contribution in [-0.2, 0) is 4.79 Å². The Balaban J connectivity index is 2.32. The molecular weight excluding hydrogens is 144 g/mol. The van der Waals surface area contributed by atoms with E-state index in [-0.39, 0.29) is 5.91 Å². The molecule has 0 spiro atoms. The third-order valence-corrected chi connectivity index (χ3v) is 1.45. The molecular formula is C6H6N4O. The number of amides is 1. The van der Waals surface area contributed by atoms with Gasteiger partial charge in [-0.15, -0.1) is 0 Å². The number of hydrazine groups is 1. The first-order chi connectivity index (χ1) is 5.36. The molecule has 0 aromatic heterocycles. The summed E-state index contributed by atoms with van der Waals surface area (Å²) in [6.45, 7) is 0. The maximum atomic E-state index is 10.8. The Hall–Kier alpha value is -1.65. The van der Waals surface area contributed by atoms with E-state index in [0.717, 1.165) is 5.70 Å². The number of azo groups is 1. The summed E-state index contributed by atoms with van der Waals surface area (Å²) in [4.78, 5) is 10.8. The summed E-state index contributed by atoms with van der Waals surface area (Å²) in [5.41, 5.74) is 3.44. The lowest BCUT2D eigenvalue weighted by atomic mass is 10.3. The number of fused-ring (bicyclic) bond motifs is 1. The zero-order valence-corrected chi connectivity index (χ0v) is 5.69. The third kappa shape index (κ3) is 1.000. The first-order valence-corrected chi connectivity index (χ1v) is 3.21. The van der Waals surface area contributed by atoms with E-state index in [1.165, 1.54) is 6.20 Å². The predicted octanol–water partition coefficient (Wildman–Crippen LogP) is 0.502. The molecule has 5 heteroatoms. The van der Waals surface area contributed by atoms with Crippen LogP contribution in [0.5, 0.6) is 0 Å². The number of nitrogens with zero attached hydrogens (tertiary/aromatic N) is 3. The van der Waals surface area contributed by atoms with E-state index in [1.807, 2.05) is 0 Å². The van der Waals surface area contributed by atoms with Crippen molar-refractivity contribution >= 4 is 5.91 Å². The van der Waals surface area contributed by atoms with Crippen molar-refractivity contribution in [1.29, 1.82) is 0 Å². The molecule has 11 heavy (non-hydrogen) atoms. The number of nitrogens with one attached hydrogen (secondary N) is 1. The van der Waals surface area contributed by atoms with E-state index in [0.29, 0.717) is 6.42 Å². The summed E-state index contributed by atoms with van der Waals surface area (Å²) < 4.78 is 0. The molecule has 0 saturated carbocycles. The Labute approximate surface area is 63.1 Å². The molecule has 2 rings (SSSR count). The van der Waals surface area contributed by atoms with Gasteiger partial charge in [-0.1, -0.05) is 0 Å². The van der Waals surface area contributed by atoms with Crippen molar-refractivity contribution in [1.82, 2.24) is 10.4 Å². The van der Waals surface area contributed by atoms with Gasteiger partial charge in [-0.25, -0.2) is 0 Å². The van der Waals surface area contributed by atoms with Gasteiger partial charge in [0.1, 0.15) is 0 Å². The molecule has 0 aliphatic carbocycles. The second-order valence-electron chi connectivity index (χ2n) is 2.23. The molecule has 2 aliphatic rings. The fourth-order valence-electron chi connectivity index (χ4n) is 0.971. The van der Waals surface area contributed by atoms with E-state index >= 15 is 0 Å². The second-order valence-corrected chi connectivity index (χ2v) is 2.23. The van der Waals surface area contributed by atoms with Gasteiger partial charge in [0.05, 0.1) is 24.5 Å². The van der Waals surface area contributed by atoms with Gasteiger partial charge in [0.25, 0.3) is 0 Å². The predicted molar refractivity (Wildman–Crippen MR) is 36.7 cm³/mol. The summed E-state index contributed by atoms with van der Waals surface area (Å²) in [5, 5.41) is 8.96. The maximum Gasteiger partial charge on any atom is 0.244 e. The van der Waals surface area contributed by atoms with Gasteiger partial charge >= 0.3 is 0 Å². The molecule has 1 saturated heterocycles. The zero-order chi connectivity index (χ0) is 7.68. The fourth-order valence-corrected chi connectivity index (χ4v) is 0.971. The lowest BCUT2D eigenvalue weighted by Gasteiger charge is -2.10. The monoisotopic (exact) mass is 150 g/mol.